The van der Waals surface area contributed by atoms with E-state index in [1.807, 2.05) is 0 Å². The third kappa shape index (κ3) is 3.84. The van der Waals surface area contributed by atoms with Gasteiger partial charge in [0.2, 0.25) is 0 Å². The zero-order valence-corrected chi connectivity index (χ0v) is 11.8. The van der Waals surface area contributed by atoms with E-state index < -0.39 is 0 Å². The van der Waals surface area contributed by atoms with Crippen LogP contribution < -0.4 is 5.32 Å². The second-order valence-corrected chi connectivity index (χ2v) is 5.57. The van der Waals surface area contributed by atoms with Gasteiger partial charge in [-0.25, -0.2) is 0 Å². The fraction of sp³-hybridized carbons (Fsp3) is 0.647. The molecule has 1 aliphatic rings. The molecular formula is C17H27N. The molecule has 0 amide bonds. The van der Waals surface area contributed by atoms with Gasteiger partial charge in [0.1, 0.15) is 0 Å². The Morgan fingerprint density at radius 2 is 1.83 bits per heavy atom. The van der Waals surface area contributed by atoms with E-state index in [1.165, 1.54) is 58.0 Å². The van der Waals surface area contributed by atoms with E-state index in [2.05, 4.69) is 36.5 Å². The number of rotatable bonds is 9. The summed E-state index contributed by atoms with van der Waals surface area (Å²) in [5.41, 5.74) is 3.14. The molecule has 1 nitrogen and oxygen atoms in total. The highest BCUT2D eigenvalue weighted by molar-refractivity contribution is 5.40. The molecule has 1 aliphatic carbocycles. The van der Waals surface area contributed by atoms with Crippen molar-refractivity contribution in [2.75, 3.05) is 13.1 Å². The van der Waals surface area contributed by atoms with Crippen molar-refractivity contribution >= 4 is 0 Å². The molecule has 2 rings (SSSR count). The average molecular weight is 245 g/mol. The molecule has 0 saturated carbocycles. The predicted molar refractivity (Wildman–Crippen MR) is 79.1 cm³/mol. The van der Waals surface area contributed by atoms with E-state index in [9.17, 15) is 0 Å². The molecule has 1 N–H and O–H groups in total. The fourth-order valence-electron chi connectivity index (χ4n) is 2.85. The van der Waals surface area contributed by atoms with Gasteiger partial charge in [-0.15, -0.1) is 0 Å². The van der Waals surface area contributed by atoms with Gasteiger partial charge in [0.05, 0.1) is 0 Å². The first-order chi connectivity index (χ1) is 8.92. The fourth-order valence-corrected chi connectivity index (χ4v) is 2.85. The van der Waals surface area contributed by atoms with Crippen LogP contribution in [-0.4, -0.2) is 13.1 Å². The van der Waals surface area contributed by atoms with Crippen molar-refractivity contribution in [2.24, 2.45) is 0 Å². The summed E-state index contributed by atoms with van der Waals surface area (Å²) >= 11 is 0. The maximum atomic E-state index is 3.62. The van der Waals surface area contributed by atoms with Gasteiger partial charge < -0.3 is 5.32 Å². The van der Waals surface area contributed by atoms with Crippen molar-refractivity contribution < 1.29 is 0 Å². The molecule has 100 valence electrons. The summed E-state index contributed by atoms with van der Waals surface area (Å²) in [6.07, 6.45) is 9.62. The Morgan fingerprint density at radius 3 is 2.67 bits per heavy atom. The first-order valence-corrected chi connectivity index (χ1v) is 7.70. The Labute approximate surface area is 112 Å². The summed E-state index contributed by atoms with van der Waals surface area (Å²) in [7, 11) is 0. The molecule has 0 spiro atoms. The summed E-state index contributed by atoms with van der Waals surface area (Å²) in [5, 5.41) is 3.62. The highest BCUT2D eigenvalue weighted by Crippen LogP contribution is 2.33. The Bertz CT molecular complexity index is 345. The minimum Gasteiger partial charge on any atom is -0.316 e. The van der Waals surface area contributed by atoms with Crippen molar-refractivity contribution in [1.82, 2.24) is 5.32 Å². The summed E-state index contributed by atoms with van der Waals surface area (Å²) in [6.45, 7) is 4.65. The number of hydrogen-bond acceptors (Lipinski definition) is 1. The van der Waals surface area contributed by atoms with Crippen molar-refractivity contribution in [1.29, 1.82) is 0 Å². The van der Waals surface area contributed by atoms with E-state index in [4.69, 9.17) is 0 Å². The zero-order valence-electron chi connectivity index (χ0n) is 11.8. The summed E-state index contributed by atoms with van der Waals surface area (Å²) in [6, 6.07) is 8.87. The standard InChI is InChI=1S/C17H27N/c1-2-3-4-5-6-9-12-18-14-16-13-15-10-7-8-11-17(15)16/h7-8,10-11,16,18H,2-6,9,12-14H2,1H3. The molecule has 0 bridgehead atoms. The molecule has 18 heavy (non-hydrogen) atoms. The minimum absolute atomic E-state index is 0.779. The van der Waals surface area contributed by atoms with Crippen LogP contribution in [0.4, 0.5) is 0 Å². The van der Waals surface area contributed by atoms with Crippen LogP contribution in [0.2, 0.25) is 0 Å². The number of benzene rings is 1. The Kier molecular flexibility index (Phi) is 5.73. The lowest BCUT2D eigenvalue weighted by Gasteiger charge is -2.30. The molecule has 1 heteroatoms. The van der Waals surface area contributed by atoms with Crippen LogP contribution in [0.15, 0.2) is 24.3 Å². The normalized spacial score (nSPS) is 17.3. The molecule has 0 fully saturated rings. The van der Waals surface area contributed by atoms with Crippen LogP contribution in [0.25, 0.3) is 0 Å². The number of fused-ring (bicyclic) bond motifs is 1. The Balaban J connectivity index is 1.48. The Hall–Kier alpha value is -0.820. The smallest absolute Gasteiger partial charge is 0.00234 e. The highest BCUT2D eigenvalue weighted by Gasteiger charge is 2.24. The van der Waals surface area contributed by atoms with Crippen molar-refractivity contribution in [3.8, 4) is 0 Å². The van der Waals surface area contributed by atoms with Crippen LogP contribution in [0.5, 0.6) is 0 Å². The van der Waals surface area contributed by atoms with Gasteiger partial charge in [-0.2, -0.15) is 0 Å². The number of hydrogen-bond donors (Lipinski definition) is 1. The maximum absolute atomic E-state index is 3.62. The largest absolute Gasteiger partial charge is 0.316 e. The topological polar surface area (TPSA) is 12.0 Å². The van der Waals surface area contributed by atoms with E-state index in [0.717, 1.165) is 5.92 Å². The monoisotopic (exact) mass is 245 g/mol. The molecule has 1 aromatic carbocycles. The second kappa shape index (κ2) is 7.58. The van der Waals surface area contributed by atoms with Gasteiger partial charge in [0.15, 0.2) is 0 Å². The van der Waals surface area contributed by atoms with E-state index in [1.54, 1.807) is 11.1 Å². The third-order valence-corrected chi connectivity index (χ3v) is 4.06. The number of unbranched alkanes of at least 4 members (excludes halogenated alkanes) is 5. The second-order valence-electron chi connectivity index (χ2n) is 5.57. The van der Waals surface area contributed by atoms with Crippen molar-refractivity contribution in [3.05, 3.63) is 35.4 Å². The van der Waals surface area contributed by atoms with Crippen LogP contribution >= 0.6 is 0 Å². The van der Waals surface area contributed by atoms with Crippen LogP contribution in [0.1, 0.15) is 62.5 Å². The highest BCUT2D eigenvalue weighted by atomic mass is 14.9. The maximum Gasteiger partial charge on any atom is 0.00234 e. The summed E-state index contributed by atoms with van der Waals surface area (Å²) in [5.74, 6) is 0.779. The molecule has 0 aromatic heterocycles. The molecular weight excluding hydrogens is 218 g/mol. The van der Waals surface area contributed by atoms with Crippen molar-refractivity contribution in [2.45, 2.75) is 57.8 Å². The number of nitrogens with one attached hydrogen (secondary N) is 1. The lowest BCUT2D eigenvalue weighted by Crippen LogP contribution is -2.29. The predicted octanol–water partition coefficient (Wildman–Crippen LogP) is 4.28. The SMILES string of the molecule is CCCCCCCCNCC1Cc2ccccc21. The van der Waals surface area contributed by atoms with Crippen LogP contribution in [0.3, 0.4) is 0 Å². The van der Waals surface area contributed by atoms with Gasteiger partial charge in [0.25, 0.3) is 0 Å². The molecule has 1 atom stereocenters. The first-order valence-electron chi connectivity index (χ1n) is 7.70. The molecule has 1 aromatic rings. The average Bonchev–Trinajstić information content (AvgIpc) is 2.37. The van der Waals surface area contributed by atoms with Gasteiger partial charge >= 0.3 is 0 Å². The molecule has 0 radical (unpaired) electrons. The lowest BCUT2D eigenvalue weighted by molar-refractivity contribution is 0.514. The van der Waals surface area contributed by atoms with Gasteiger partial charge in [-0.3, -0.25) is 0 Å². The first kappa shape index (κ1) is 13.6. The molecule has 0 aliphatic heterocycles. The van der Waals surface area contributed by atoms with E-state index in [-0.39, 0.29) is 0 Å². The van der Waals surface area contributed by atoms with Crippen LogP contribution in [0, 0.1) is 0 Å². The quantitative estimate of drug-likeness (QED) is 0.640. The van der Waals surface area contributed by atoms with Gasteiger partial charge in [-0.05, 0) is 30.5 Å². The summed E-state index contributed by atoms with van der Waals surface area (Å²) in [4.78, 5) is 0. The Morgan fingerprint density at radius 1 is 1.06 bits per heavy atom. The third-order valence-electron chi connectivity index (χ3n) is 4.06. The lowest BCUT2D eigenvalue weighted by atomic mass is 9.77. The molecule has 1 unspecified atom stereocenters. The van der Waals surface area contributed by atoms with Gasteiger partial charge in [0, 0.05) is 12.5 Å². The summed E-state index contributed by atoms with van der Waals surface area (Å²) < 4.78 is 0. The van der Waals surface area contributed by atoms with E-state index in [0.29, 0.717) is 0 Å². The van der Waals surface area contributed by atoms with Crippen LogP contribution in [-0.2, 0) is 6.42 Å². The molecule has 0 saturated heterocycles. The minimum atomic E-state index is 0.779. The molecule has 0 heterocycles. The van der Waals surface area contributed by atoms with Gasteiger partial charge in [-0.1, -0.05) is 63.3 Å². The zero-order chi connectivity index (χ0) is 12.6. The van der Waals surface area contributed by atoms with Crippen molar-refractivity contribution in [3.63, 3.8) is 0 Å². The van der Waals surface area contributed by atoms with E-state index >= 15 is 0 Å².